The summed E-state index contributed by atoms with van der Waals surface area (Å²) in [5.41, 5.74) is 4.48. The number of hydrogen-bond donors (Lipinski definition) is 2. The van der Waals surface area contributed by atoms with E-state index in [2.05, 4.69) is 25.9 Å². The number of tetrazole rings is 1. The van der Waals surface area contributed by atoms with Gasteiger partial charge in [-0.3, -0.25) is 15.1 Å². The van der Waals surface area contributed by atoms with Crippen LogP contribution in [0.5, 0.6) is 5.75 Å². The van der Waals surface area contributed by atoms with Gasteiger partial charge >= 0.3 is 0 Å². The predicted molar refractivity (Wildman–Crippen MR) is 137 cm³/mol. The Morgan fingerprint density at radius 2 is 1.86 bits per heavy atom. The number of halogens is 2. The van der Waals surface area contributed by atoms with Gasteiger partial charge in [-0.25, -0.2) is 0 Å². The van der Waals surface area contributed by atoms with Crippen LogP contribution in [0.15, 0.2) is 71.8 Å². The zero-order chi connectivity index (χ0) is 25.1. The van der Waals surface area contributed by atoms with Crippen LogP contribution in [0.3, 0.4) is 0 Å². The lowest BCUT2D eigenvalue weighted by molar-refractivity contribution is 0.102. The van der Waals surface area contributed by atoms with Crippen molar-refractivity contribution >= 4 is 40.8 Å². The zero-order valence-electron chi connectivity index (χ0n) is 19.2. The number of nitrogens with one attached hydrogen (secondary N) is 2. The summed E-state index contributed by atoms with van der Waals surface area (Å²) in [5.74, 6) is 0.585. The van der Waals surface area contributed by atoms with E-state index in [1.54, 1.807) is 25.3 Å². The number of aromatic nitrogens is 4. The van der Waals surface area contributed by atoms with Gasteiger partial charge in [-0.2, -0.15) is 10.3 Å². The number of methoxy groups -OCH3 is 1. The lowest BCUT2D eigenvalue weighted by Crippen LogP contribution is -2.19. The molecule has 1 aliphatic rings. The number of hydrazone groups is 1. The van der Waals surface area contributed by atoms with Gasteiger partial charge in [0.25, 0.3) is 11.9 Å². The molecule has 0 fully saturated rings. The Balaban J connectivity index is 1.38. The summed E-state index contributed by atoms with van der Waals surface area (Å²) in [5, 5.41) is 23.8. The summed E-state index contributed by atoms with van der Waals surface area (Å²) in [7, 11) is 1.64. The fraction of sp³-hybridized carbons (Fsp3) is 0.160. The molecule has 1 amide bonds. The molecule has 0 saturated carbocycles. The molecule has 2 N–H and O–H groups in total. The monoisotopic (exact) mass is 521 g/mol. The first-order valence-corrected chi connectivity index (χ1v) is 11.8. The van der Waals surface area contributed by atoms with Gasteiger partial charge in [0.15, 0.2) is 0 Å². The molecule has 0 aliphatic carbocycles. The number of carbonyl (C=O) groups excluding carboxylic acids is 1. The smallest absolute Gasteiger partial charge is 0.270 e. The first kappa shape index (κ1) is 23.8. The van der Waals surface area contributed by atoms with E-state index in [0.29, 0.717) is 28.6 Å². The zero-order valence-corrected chi connectivity index (χ0v) is 20.7. The predicted octanol–water partition coefficient (Wildman–Crippen LogP) is 5.12. The quantitative estimate of drug-likeness (QED) is 0.349. The van der Waals surface area contributed by atoms with Crippen LogP contribution in [-0.2, 0) is 6.54 Å². The normalized spacial score (nSPS) is 15.0. The highest BCUT2D eigenvalue weighted by Gasteiger charge is 2.29. The van der Waals surface area contributed by atoms with Crippen molar-refractivity contribution in [1.29, 1.82) is 0 Å². The lowest BCUT2D eigenvalue weighted by Gasteiger charge is -2.24. The molecule has 4 aromatic rings. The molecule has 0 spiro atoms. The van der Waals surface area contributed by atoms with Gasteiger partial charge in [0.05, 0.1) is 35.5 Å². The summed E-state index contributed by atoms with van der Waals surface area (Å²) in [6.45, 7) is 0.539. The summed E-state index contributed by atoms with van der Waals surface area (Å²) < 4.78 is 5.28. The molecule has 0 unspecified atom stereocenters. The lowest BCUT2D eigenvalue weighted by atomic mass is 9.98. The molecular formula is C25H21Cl2N7O2. The van der Waals surface area contributed by atoms with E-state index in [4.69, 9.17) is 33.0 Å². The second-order valence-corrected chi connectivity index (χ2v) is 8.97. The van der Waals surface area contributed by atoms with Crippen molar-refractivity contribution in [3.63, 3.8) is 0 Å². The van der Waals surface area contributed by atoms with E-state index in [0.717, 1.165) is 28.2 Å². The molecular weight excluding hydrogens is 501 g/mol. The van der Waals surface area contributed by atoms with Crippen LogP contribution in [0, 0.1) is 0 Å². The highest BCUT2D eigenvalue weighted by atomic mass is 35.5. The van der Waals surface area contributed by atoms with Crippen molar-refractivity contribution in [3.05, 3.63) is 99.0 Å². The van der Waals surface area contributed by atoms with Gasteiger partial charge in [-0.15, -0.1) is 5.10 Å². The van der Waals surface area contributed by atoms with Crippen LogP contribution >= 0.6 is 23.2 Å². The third-order valence-electron chi connectivity index (χ3n) is 5.88. The van der Waals surface area contributed by atoms with Crippen LogP contribution in [-0.4, -0.2) is 44.4 Å². The topological polar surface area (TPSA) is 108 Å². The molecule has 182 valence electrons. The van der Waals surface area contributed by atoms with Crippen LogP contribution in [0.1, 0.15) is 39.5 Å². The summed E-state index contributed by atoms with van der Waals surface area (Å²) >= 11 is 12.5. The van der Waals surface area contributed by atoms with Crippen molar-refractivity contribution in [2.24, 2.45) is 5.10 Å². The maximum absolute atomic E-state index is 12.4. The van der Waals surface area contributed by atoms with Crippen LogP contribution in [0.25, 0.3) is 0 Å². The Hall–Kier alpha value is -3.95. The summed E-state index contributed by atoms with van der Waals surface area (Å²) in [6, 6.07) is 20.8. The van der Waals surface area contributed by atoms with Crippen molar-refractivity contribution < 1.29 is 9.53 Å². The van der Waals surface area contributed by atoms with Gasteiger partial charge in [0, 0.05) is 12.0 Å². The van der Waals surface area contributed by atoms with E-state index in [9.17, 15) is 4.79 Å². The molecule has 1 atom stereocenters. The minimum Gasteiger partial charge on any atom is -0.497 e. The number of amides is 1. The average molecular weight is 522 g/mol. The van der Waals surface area contributed by atoms with E-state index in [-0.39, 0.29) is 17.9 Å². The molecule has 1 aromatic heterocycles. The number of carbonyl (C=O) groups is 1. The Morgan fingerprint density at radius 1 is 1.08 bits per heavy atom. The second-order valence-electron chi connectivity index (χ2n) is 8.15. The standard InChI is InChI=1S/C25H21Cl2N7O2/c1-36-19-9-6-16(7-10-19)22-13-23(18-8-11-20(26)21(27)12-18)34(31-22)14-15-2-4-17(5-3-15)24(35)28-25-29-32-33-30-25/h2-12,23H,13-14H2,1H3,(H2,28,29,30,32,33,35)/t23-/m0/s1. The van der Waals surface area contributed by atoms with Crippen LogP contribution in [0.4, 0.5) is 5.95 Å². The summed E-state index contributed by atoms with van der Waals surface area (Å²) in [4.78, 5) is 12.4. The Morgan fingerprint density at radius 3 is 2.53 bits per heavy atom. The maximum Gasteiger partial charge on any atom is 0.270 e. The van der Waals surface area contributed by atoms with E-state index >= 15 is 0 Å². The third kappa shape index (κ3) is 5.17. The highest BCUT2D eigenvalue weighted by molar-refractivity contribution is 6.42. The molecule has 9 nitrogen and oxygen atoms in total. The van der Waals surface area contributed by atoms with Gasteiger partial charge in [-0.1, -0.05) is 46.5 Å². The number of H-pyrrole nitrogens is 1. The second kappa shape index (κ2) is 10.3. The molecule has 0 saturated heterocycles. The van der Waals surface area contributed by atoms with E-state index in [1.807, 2.05) is 53.5 Å². The van der Waals surface area contributed by atoms with Crippen molar-refractivity contribution in [1.82, 2.24) is 25.6 Å². The maximum atomic E-state index is 12.4. The van der Waals surface area contributed by atoms with E-state index < -0.39 is 0 Å². The largest absolute Gasteiger partial charge is 0.497 e. The van der Waals surface area contributed by atoms with Crippen molar-refractivity contribution in [2.45, 2.75) is 19.0 Å². The van der Waals surface area contributed by atoms with Gasteiger partial charge in [0.2, 0.25) is 0 Å². The minimum absolute atomic E-state index is 0.0296. The minimum atomic E-state index is -0.322. The number of nitrogens with zero attached hydrogens (tertiary/aromatic N) is 5. The molecule has 11 heteroatoms. The van der Waals surface area contributed by atoms with Crippen molar-refractivity contribution in [3.8, 4) is 5.75 Å². The highest BCUT2D eigenvalue weighted by Crippen LogP contribution is 2.36. The molecule has 0 radical (unpaired) electrons. The van der Waals surface area contributed by atoms with Gasteiger partial charge in [0.1, 0.15) is 5.75 Å². The van der Waals surface area contributed by atoms with Crippen LogP contribution in [0.2, 0.25) is 10.0 Å². The molecule has 5 rings (SSSR count). The number of ether oxygens (including phenoxy) is 1. The Kier molecular flexibility index (Phi) is 6.84. The third-order valence-corrected chi connectivity index (χ3v) is 6.62. The Labute approximate surface area is 217 Å². The Bertz CT molecular complexity index is 1390. The molecule has 0 bridgehead atoms. The van der Waals surface area contributed by atoms with E-state index in [1.165, 1.54) is 0 Å². The van der Waals surface area contributed by atoms with Gasteiger partial charge in [-0.05, 0) is 70.4 Å². The number of anilines is 1. The number of aromatic amines is 1. The molecule has 36 heavy (non-hydrogen) atoms. The number of benzene rings is 3. The molecule has 2 heterocycles. The molecule has 3 aromatic carbocycles. The van der Waals surface area contributed by atoms with Crippen LogP contribution < -0.4 is 10.1 Å². The molecule has 1 aliphatic heterocycles. The average Bonchev–Trinajstić information content (AvgIpc) is 3.56. The number of hydrogen-bond acceptors (Lipinski definition) is 7. The first-order chi connectivity index (χ1) is 17.5. The fourth-order valence-corrected chi connectivity index (χ4v) is 4.31. The summed E-state index contributed by atoms with van der Waals surface area (Å²) in [6.07, 6.45) is 0.704. The number of rotatable bonds is 7. The SMILES string of the molecule is COc1ccc(C2=NN(Cc3ccc(C(=O)Nc4nn[nH]n4)cc3)[C@H](c3ccc(Cl)c(Cl)c3)C2)cc1. The first-order valence-electron chi connectivity index (χ1n) is 11.1. The van der Waals surface area contributed by atoms with Gasteiger partial charge < -0.3 is 4.74 Å². The fourth-order valence-electron chi connectivity index (χ4n) is 4.01. The van der Waals surface area contributed by atoms with Crippen molar-refractivity contribution in [2.75, 3.05) is 12.4 Å².